The van der Waals surface area contributed by atoms with Crippen LogP contribution in [0.1, 0.15) is 11.1 Å². The number of ether oxygens (including phenoxy) is 1. The first kappa shape index (κ1) is 20.9. The summed E-state index contributed by atoms with van der Waals surface area (Å²) in [6.07, 6.45) is 0. The van der Waals surface area contributed by atoms with Crippen LogP contribution in [0.15, 0.2) is 53.4 Å². The van der Waals surface area contributed by atoms with Gasteiger partial charge < -0.3 is 10.1 Å². The predicted octanol–water partition coefficient (Wildman–Crippen LogP) is 1.79. The minimum atomic E-state index is -3.80. The van der Waals surface area contributed by atoms with Gasteiger partial charge in [0.1, 0.15) is 13.2 Å². The second kappa shape index (κ2) is 9.50. The Kier molecular flexibility index (Phi) is 7.35. The number of aryl methyl sites for hydroxylation is 1. The molecule has 9 heteroatoms. The highest BCUT2D eigenvalue weighted by Crippen LogP contribution is 2.11. The van der Waals surface area contributed by atoms with Crippen molar-refractivity contribution in [1.82, 2.24) is 10.0 Å². The number of nitrogens with one attached hydrogen (secondary N) is 2. The number of sulfonamides is 1. The number of esters is 1. The molecule has 0 aliphatic carbocycles. The van der Waals surface area contributed by atoms with Gasteiger partial charge in [-0.2, -0.15) is 0 Å². The summed E-state index contributed by atoms with van der Waals surface area (Å²) in [5, 5.41) is 2.82. The van der Waals surface area contributed by atoms with Crippen LogP contribution >= 0.6 is 11.6 Å². The van der Waals surface area contributed by atoms with Crippen molar-refractivity contribution < 1.29 is 22.7 Å². The van der Waals surface area contributed by atoms with E-state index in [1.165, 1.54) is 12.1 Å². The van der Waals surface area contributed by atoms with Crippen molar-refractivity contribution in [2.75, 3.05) is 13.1 Å². The molecule has 144 valence electrons. The van der Waals surface area contributed by atoms with E-state index < -0.39 is 28.4 Å². The Morgan fingerprint density at radius 2 is 1.78 bits per heavy atom. The van der Waals surface area contributed by atoms with Gasteiger partial charge in [0.25, 0.3) is 0 Å². The third-order valence-corrected chi connectivity index (χ3v) is 5.13. The Bertz CT molecular complexity index is 914. The van der Waals surface area contributed by atoms with E-state index in [4.69, 9.17) is 16.3 Å². The van der Waals surface area contributed by atoms with Gasteiger partial charge in [-0.05, 0) is 36.8 Å². The maximum atomic E-state index is 12.1. The standard InChI is InChI=1S/C18H19ClN2O5S/c1-13-5-7-16(8-6-13)27(24,25)21-10-17(22)20-11-18(23)26-12-14-3-2-4-15(19)9-14/h2-9,21H,10-12H2,1H3,(H,20,22). The predicted molar refractivity (Wildman–Crippen MR) is 101 cm³/mol. The second-order valence-corrected chi connectivity index (χ2v) is 7.91. The number of hydrogen-bond donors (Lipinski definition) is 2. The summed E-state index contributed by atoms with van der Waals surface area (Å²) in [4.78, 5) is 23.4. The fourth-order valence-electron chi connectivity index (χ4n) is 2.04. The van der Waals surface area contributed by atoms with E-state index in [1.807, 2.05) is 6.92 Å². The Morgan fingerprint density at radius 1 is 1.07 bits per heavy atom. The molecule has 0 aliphatic heterocycles. The van der Waals surface area contributed by atoms with Gasteiger partial charge >= 0.3 is 5.97 Å². The molecular weight excluding hydrogens is 392 g/mol. The molecule has 1 amide bonds. The Hall–Kier alpha value is -2.42. The first-order valence-corrected chi connectivity index (χ1v) is 9.85. The maximum absolute atomic E-state index is 12.1. The van der Waals surface area contributed by atoms with Crippen LogP contribution < -0.4 is 10.0 Å². The van der Waals surface area contributed by atoms with Gasteiger partial charge in [-0.15, -0.1) is 0 Å². The molecule has 2 rings (SSSR count). The van der Waals surface area contributed by atoms with Gasteiger partial charge in [-0.3, -0.25) is 9.59 Å². The molecule has 0 unspecified atom stereocenters. The molecule has 2 N–H and O–H groups in total. The largest absolute Gasteiger partial charge is 0.460 e. The van der Waals surface area contributed by atoms with Crippen LogP contribution in [0.25, 0.3) is 0 Å². The molecule has 0 spiro atoms. The minimum Gasteiger partial charge on any atom is -0.460 e. The molecule has 0 saturated carbocycles. The molecule has 2 aromatic rings. The zero-order valence-corrected chi connectivity index (χ0v) is 16.1. The molecular formula is C18H19ClN2O5S. The molecule has 0 heterocycles. The van der Waals surface area contributed by atoms with Crippen molar-refractivity contribution in [3.8, 4) is 0 Å². The van der Waals surface area contributed by atoms with Crippen LogP contribution in [0.2, 0.25) is 5.02 Å². The SMILES string of the molecule is Cc1ccc(S(=O)(=O)NCC(=O)NCC(=O)OCc2cccc(Cl)c2)cc1. The van der Waals surface area contributed by atoms with Gasteiger partial charge in [0.05, 0.1) is 11.4 Å². The number of benzene rings is 2. The van der Waals surface area contributed by atoms with Crippen molar-refractivity contribution >= 4 is 33.5 Å². The van der Waals surface area contributed by atoms with Crippen LogP contribution in [0.5, 0.6) is 0 Å². The lowest BCUT2D eigenvalue weighted by molar-refractivity contribution is -0.145. The monoisotopic (exact) mass is 410 g/mol. The Balaban J connectivity index is 1.73. The van der Waals surface area contributed by atoms with Crippen LogP contribution in [0, 0.1) is 6.92 Å². The second-order valence-electron chi connectivity index (χ2n) is 5.70. The van der Waals surface area contributed by atoms with E-state index in [1.54, 1.807) is 36.4 Å². The zero-order valence-electron chi connectivity index (χ0n) is 14.6. The molecule has 0 atom stereocenters. The molecule has 2 aromatic carbocycles. The highest BCUT2D eigenvalue weighted by atomic mass is 35.5. The van der Waals surface area contributed by atoms with E-state index in [2.05, 4.69) is 10.0 Å². The molecule has 0 radical (unpaired) electrons. The first-order valence-electron chi connectivity index (χ1n) is 7.99. The highest BCUT2D eigenvalue weighted by Gasteiger charge is 2.15. The van der Waals surface area contributed by atoms with Crippen molar-refractivity contribution in [1.29, 1.82) is 0 Å². The number of hydrogen-bond acceptors (Lipinski definition) is 5. The number of rotatable bonds is 8. The number of carbonyl (C=O) groups excluding carboxylic acids is 2. The highest BCUT2D eigenvalue weighted by molar-refractivity contribution is 7.89. The molecule has 0 aromatic heterocycles. The molecule has 0 saturated heterocycles. The van der Waals surface area contributed by atoms with Gasteiger partial charge in [-0.25, -0.2) is 13.1 Å². The normalized spacial score (nSPS) is 11.0. The zero-order chi connectivity index (χ0) is 19.9. The first-order chi connectivity index (χ1) is 12.8. The van der Waals surface area contributed by atoms with Gasteiger partial charge in [0.2, 0.25) is 15.9 Å². The van der Waals surface area contributed by atoms with Crippen LogP contribution in [0.4, 0.5) is 0 Å². The van der Waals surface area contributed by atoms with Gasteiger partial charge in [0, 0.05) is 5.02 Å². The third-order valence-electron chi connectivity index (χ3n) is 3.47. The maximum Gasteiger partial charge on any atom is 0.325 e. The lowest BCUT2D eigenvalue weighted by Gasteiger charge is -2.09. The number of carbonyl (C=O) groups is 2. The summed E-state index contributed by atoms with van der Waals surface area (Å²) in [6, 6.07) is 13.0. The summed E-state index contributed by atoms with van der Waals surface area (Å²) in [6.45, 7) is 1.00. The number of amides is 1. The fourth-order valence-corrected chi connectivity index (χ4v) is 3.23. The van der Waals surface area contributed by atoms with Gasteiger partial charge in [0.15, 0.2) is 0 Å². The van der Waals surface area contributed by atoms with E-state index in [0.717, 1.165) is 5.56 Å². The molecule has 0 aliphatic rings. The molecule has 7 nitrogen and oxygen atoms in total. The summed E-state index contributed by atoms with van der Waals surface area (Å²) < 4.78 is 31.3. The smallest absolute Gasteiger partial charge is 0.325 e. The van der Waals surface area contributed by atoms with E-state index >= 15 is 0 Å². The summed E-state index contributed by atoms with van der Waals surface area (Å²) >= 11 is 5.83. The fraction of sp³-hybridized carbons (Fsp3) is 0.222. The molecule has 0 bridgehead atoms. The van der Waals surface area contributed by atoms with E-state index in [0.29, 0.717) is 10.6 Å². The van der Waals surface area contributed by atoms with Crippen molar-refractivity contribution in [3.05, 3.63) is 64.7 Å². The van der Waals surface area contributed by atoms with Crippen molar-refractivity contribution in [2.45, 2.75) is 18.4 Å². The van der Waals surface area contributed by atoms with Crippen LogP contribution in [-0.4, -0.2) is 33.4 Å². The lowest BCUT2D eigenvalue weighted by Crippen LogP contribution is -2.39. The summed E-state index contributed by atoms with van der Waals surface area (Å²) in [5.41, 5.74) is 1.64. The van der Waals surface area contributed by atoms with Gasteiger partial charge in [-0.1, -0.05) is 41.4 Å². The quantitative estimate of drug-likeness (QED) is 0.646. The van der Waals surface area contributed by atoms with Crippen LogP contribution in [-0.2, 0) is 31.0 Å². The Morgan fingerprint density at radius 3 is 2.44 bits per heavy atom. The topological polar surface area (TPSA) is 102 Å². The lowest BCUT2D eigenvalue weighted by atomic mass is 10.2. The average molecular weight is 411 g/mol. The van der Waals surface area contributed by atoms with Crippen LogP contribution in [0.3, 0.4) is 0 Å². The third kappa shape index (κ3) is 7.01. The van der Waals surface area contributed by atoms with E-state index in [9.17, 15) is 18.0 Å². The summed E-state index contributed by atoms with van der Waals surface area (Å²) in [7, 11) is -3.80. The molecule has 0 fully saturated rings. The van der Waals surface area contributed by atoms with E-state index in [-0.39, 0.29) is 18.0 Å². The average Bonchev–Trinajstić information content (AvgIpc) is 2.63. The summed E-state index contributed by atoms with van der Waals surface area (Å²) in [5.74, 6) is -1.30. The Labute approximate surface area is 162 Å². The van der Waals surface area contributed by atoms with Crippen molar-refractivity contribution in [3.63, 3.8) is 0 Å². The minimum absolute atomic E-state index is 0.0231. The number of halogens is 1. The van der Waals surface area contributed by atoms with Crippen molar-refractivity contribution in [2.24, 2.45) is 0 Å². The molecule has 27 heavy (non-hydrogen) atoms.